The van der Waals surface area contributed by atoms with Gasteiger partial charge in [0.25, 0.3) is 0 Å². The van der Waals surface area contributed by atoms with Crippen LogP contribution in [-0.2, 0) is 6.54 Å². The Hall–Kier alpha value is -2.12. The van der Waals surface area contributed by atoms with Gasteiger partial charge in [0, 0.05) is 28.2 Å². The Morgan fingerprint density at radius 3 is 3.00 bits per heavy atom. The van der Waals surface area contributed by atoms with Gasteiger partial charge in [-0.1, -0.05) is 6.07 Å². The normalized spacial score (nSPS) is 10.7. The van der Waals surface area contributed by atoms with E-state index in [0.29, 0.717) is 0 Å². The number of aromatic nitrogens is 2. The Balaban J connectivity index is 2.06. The highest BCUT2D eigenvalue weighted by molar-refractivity contribution is 7.09. The average molecular weight is 253 g/mol. The standard InChI is InChI=1S/C14H11N3S/c1-10-9-18-14(16-10)8-17-6-5-12-11(7-15)3-2-4-13(12)17/h2-6,9H,8H2,1H3. The van der Waals surface area contributed by atoms with Crippen molar-refractivity contribution in [3.05, 3.63) is 52.1 Å². The number of thiazole rings is 1. The third-order valence-corrected chi connectivity index (χ3v) is 3.86. The van der Waals surface area contributed by atoms with Gasteiger partial charge in [0.2, 0.25) is 0 Å². The van der Waals surface area contributed by atoms with Crippen molar-refractivity contribution in [3.63, 3.8) is 0 Å². The molecule has 1 aromatic carbocycles. The van der Waals surface area contributed by atoms with Gasteiger partial charge in [-0.3, -0.25) is 0 Å². The number of hydrogen-bond acceptors (Lipinski definition) is 3. The van der Waals surface area contributed by atoms with Crippen LogP contribution in [0.25, 0.3) is 10.9 Å². The van der Waals surface area contributed by atoms with Crippen LogP contribution in [-0.4, -0.2) is 9.55 Å². The average Bonchev–Trinajstić information content (AvgIpc) is 2.97. The highest BCUT2D eigenvalue weighted by Crippen LogP contribution is 2.21. The molecule has 0 bridgehead atoms. The van der Waals surface area contributed by atoms with Gasteiger partial charge in [-0.2, -0.15) is 5.26 Å². The largest absolute Gasteiger partial charge is 0.341 e. The molecule has 0 aliphatic heterocycles. The molecule has 3 rings (SSSR count). The fraction of sp³-hybridized carbons (Fsp3) is 0.143. The highest BCUT2D eigenvalue weighted by Gasteiger charge is 2.06. The molecule has 0 aliphatic rings. The summed E-state index contributed by atoms with van der Waals surface area (Å²) in [4.78, 5) is 4.47. The Labute approximate surface area is 109 Å². The zero-order chi connectivity index (χ0) is 12.5. The van der Waals surface area contributed by atoms with E-state index in [9.17, 15) is 0 Å². The summed E-state index contributed by atoms with van der Waals surface area (Å²) in [6.07, 6.45) is 2.02. The summed E-state index contributed by atoms with van der Waals surface area (Å²) in [7, 11) is 0. The van der Waals surface area contributed by atoms with Crippen molar-refractivity contribution in [2.24, 2.45) is 0 Å². The van der Waals surface area contributed by atoms with Crippen LogP contribution < -0.4 is 0 Å². The van der Waals surface area contributed by atoms with E-state index in [1.165, 1.54) is 0 Å². The molecule has 2 aromatic heterocycles. The van der Waals surface area contributed by atoms with Crippen molar-refractivity contribution >= 4 is 22.2 Å². The lowest BCUT2D eigenvalue weighted by atomic mass is 10.1. The number of hydrogen-bond donors (Lipinski definition) is 0. The zero-order valence-corrected chi connectivity index (χ0v) is 10.7. The quantitative estimate of drug-likeness (QED) is 0.703. The SMILES string of the molecule is Cc1csc(Cn2ccc3c(C#N)cccc32)n1. The molecule has 2 heterocycles. The van der Waals surface area contributed by atoms with Gasteiger partial charge >= 0.3 is 0 Å². The number of fused-ring (bicyclic) bond motifs is 1. The molecule has 3 nitrogen and oxygen atoms in total. The summed E-state index contributed by atoms with van der Waals surface area (Å²) in [6, 6.07) is 10.0. The van der Waals surface area contributed by atoms with E-state index in [0.717, 1.165) is 33.7 Å². The molecular formula is C14H11N3S. The minimum Gasteiger partial charge on any atom is -0.341 e. The van der Waals surface area contributed by atoms with E-state index in [-0.39, 0.29) is 0 Å². The molecule has 0 fully saturated rings. The molecule has 18 heavy (non-hydrogen) atoms. The van der Waals surface area contributed by atoms with E-state index in [4.69, 9.17) is 5.26 Å². The molecule has 0 saturated heterocycles. The topological polar surface area (TPSA) is 41.6 Å². The van der Waals surface area contributed by atoms with Gasteiger partial charge in [0.1, 0.15) is 5.01 Å². The van der Waals surface area contributed by atoms with Gasteiger partial charge in [0.05, 0.1) is 18.2 Å². The van der Waals surface area contributed by atoms with E-state index >= 15 is 0 Å². The Bertz CT molecular complexity index is 746. The van der Waals surface area contributed by atoms with Crippen LogP contribution in [0.4, 0.5) is 0 Å². The van der Waals surface area contributed by atoms with Gasteiger partial charge < -0.3 is 4.57 Å². The van der Waals surface area contributed by atoms with Gasteiger partial charge in [0.15, 0.2) is 0 Å². The highest BCUT2D eigenvalue weighted by atomic mass is 32.1. The maximum atomic E-state index is 9.07. The van der Waals surface area contributed by atoms with Crippen molar-refractivity contribution in [2.75, 3.05) is 0 Å². The lowest BCUT2D eigenvalue weighted by Crippen LogP contribution is -1.97. The predicted molar refractivity (Wildman–Crippen MR) is 72.6 cm³/mol. The fourth-order valence-electron chi connectivity index (χ4n) is 2.08. The minimum absolute atomic E-state index is 0.724. The van der Waals surface area contributed by atoms with Crippen LogP contribution >= 0.6 is 11.3 Å². The Morgan fingerprint density at radius 2 is 2.28 bits per heavy atom. The lowest BCUT2D eigenvalue weighted by molar-refractivity contribution is 0.825. The Kier molecular flexibility index (Phi) is 2.62. The second kappa shape index (κ2) is 4.28. The van der Waals surface area contributed by atoms with Crippen molar-refractivity contribution in [1.29, 1.82) is 5.26 Å². The third-order valence-electron chi connectivity index (χ3n) is 2.91. The number of benzene rings is 1. The van der Waals surface area contributed by atoms with Crippen molar-refractivity contribution in [3.8, 4) is 6.07 Å². The van der Waals surface area contributed by atoms with E-state index in [1.807, 2.05) is 37.4 Å². The van der Waals surface area contributed by atoms with Gasteiger partial charge in [-0.15, -0.1) is 11.3 Å². The van der Waals surface area contributed by atoms with Crippen LogP contribution in [0.5, 0.6) is 0 Å². The third kappa shape index (κ3) is 1.79. The summed E-state index contributed by atoms with van der Waals surface area (Å²) < 4.78 is 2.13. The van der Waals surface area contributed by atoms with Crippen molar-refractivity contribution in [1.82, 2.24) is 9.55 Å². The minimum atomic E-state index is 0.724. The number of aryl methyl sites for hydroxylation is 1. The zero-order valence-electron chi connectivity index (χ0n) is 9.92. The molecule has 0 radical (unpaired) electrons. The summed E-state index contributed by atoms with van der Waals surface area (Å²) in [6.45, 7) is 2.76. The van der Waals surface area contributed by atoms with Crippen LogP contribution in [0.15, 0.2) is 35.8 Å². The maximum absolute atomic E-state index is 9.07. The van der Waals surface area contributed by atoms with Crippen LogP contribution in [0.1, 0.15) is 16.3 Å². The van der Waals surface area contributed by atoms with Crippen LogP contribution in [0, 0.1) is 18.3 Å². The van der Waals surface area contributed by atoms with E-state index in [1.54, 1.807) is 11.3 Å². The van der Waals surface area contributed by atoms with E-state index in [2.05, 4.69) is 21.0 Å². The first-order valence-electron chi connectivity index (χ1n) is 5.67. The summed E-state index contributed by atoms with van der Waals surface area (Å²) in [5.41, 5.74) is 2.87. The summed E-state index contributed by atoms with van der Waals surface area (Å²) in [5, 5.41) is 13.2. The fourth-order valence-corrected chi connectivity index (χ4v) is 2.85. The number of nitriles is 1. The molecule has 0 aliphatic carbocycles. The molecule has 0 spiro atoms. The summed E-state index contributed by atoms with van der Waals surface area (Å²) in [5.74, 6) is 0. The van der Waals surface area contributed by atoms with Crippen molar-refractivity contribution in [2.45, 2.75) is 13.5 Å². The van der Waals surface area contributed by atoms with Crippen molar-refractivity contribution < 1.29 is 0 Å². The number of nitrogens with zero attached hydrogens (tertiary/aromatic N) is 3. The monoisotopic (exact) mass is 253 g/mol. The molecule has 3 aromatic rings. The molecule has 0 atom stereocenters. The van der Waals surface area contributed by atoms with Gasteiger partial charge in [-0.25, -0.2) is 4.98 Å². The van der Waals surface area contributed by atoms with Crippen LogP contribution in [0.3, 0.4) is 0 Å². The maximum Gasteiger partial charge on any atom is 0.113 e. The molecule has 0 unspecified atom stereocenters. The molecular weight excluding hydrogens is 242 g/mol. The molecule has 0 amide bonds. The number of rotatable bonds is 2. The molecule has 88 valence electrons. The second-order valence-corrected chi connectivity index (χ2v) is 5.12. The smallest absolute Gasteiger partial charge is 0.113 e. The first kappa shape index (κ1) is 11.0. The lowest BCUT2D eigenvalue weighted by Gasteiger charge is -2.02. The summed E-state index contributed by atoms with van der Waals surface area (Å²) >= 11 is 1.67. The molecule has 4 heteroatoms. The molecule has 0 N–H and O–H groups in total. The van der Waals surface area contributed by atoms with Crippen LogP contribution in [0.2, 0.25) is 0 Å². The predicted octanol–water partition coefficient (Wildman–Crippen LogP) is 3.33. The van der Waals surface area contributed by atoms with E-state index < -0.39 is 0 Å². The first-order chi connectivity index (χ1) is 8.78. The van der Waals surface area contributed by atoms with Gasteiger partial charge in [-0.05, 0) is 25.1 Å². The first-order valence-corrected chi connectivity index (χ1v) is 6.55. The second-order valence-electron chi connectivity index (χ2n) is 4.18. The Morgan fingerprint density at radius 1 is 1.39 bits per heavy atom. The molecule has 0 saturated carbocycles.